The van der Waals surface area contributed by atoms with Crippen LogP contribution in [0.5, 0.6) is 0 Å². The molecule has 104 valence electrons. The third-order valence-corrected chi connectivity index (χ3v) is 3.37. The lowest BCUT2D eigenvalue weighted by Crippen LogP contribution is -1.97. The number of carboxylic acids is 1. The summed E-state index contributed by atoms with van der Waals surface area (Å²) < 4.78 is 0. The summed E-state index contributed by atoms with van der Waals surface area (Å²) in [6, 6.07) is 1.68. The average molecular weight is 300 g/mol. The molecule has 3 aromatic heterocycles. The molecule has 2 N–H and O–H groups in total. The van der Waals surface area contributed by atoms with Crippen LogP contribution in [-0.2, 0) is 0 Å². The van der Waals surface area contributed by atoms with Crippen LogP contribution < -0.4 is 5.32 Å². The van der Waals surface area contributed by atoms with Gasteiger partial charge in [0.2, 0.25) is 5.95 Å². The van der Waals surface area contributed by atoms with Gasteiger partial charge in [-0.15, -0.1) is 0 Å². The van der Waals surface area contributed by atoms with Gasteiger partial charge in [-0.05, 0) is 6.07 Å². The fourth-order valence-corrected chi connectivity index (χ4v) is 2.38. The molecular formula is C12H8N6O2S. The zero-order valence-electron chi connectivity index (χ0n) is 10.5. The van der Waals surface area contributed by atoms with Gasteiger partial charge in [-0.2, -0.15) is 0 Å². The van der Waals surface area contributed by atoms with E-state index >= 15 is 0 Å². The molecule has 0 spiro atoms. The highest BCUT2D eigenvalue weighted by molar-refractivity contribution is 7.17. The van der Waals surface area contributed by atoms with E-state index in [1.54, 1.807) is 18.5 Å². The molecule has 8 nitrogen and oxygen atoms in total. The number of rotatable bonds is 4. The zero-order valence-corrected chi connectivity index (χ0v) is 11.3. The molecule has 0 unspecified atom stereocenters. The van der Waals surface area contributed by atoms with Gasteiger partial charge in [-0.1, -0.05) is 11.3 Å². The molecule has 0 aliphatic carbocycles. The van der Waals surface area contributed by atoms with Crippen molar-refractivity contribution in [1.29, 1.82) is 0 Å². The number of nitrogens with one attached hydrogen (secondary N) is 1. The Kier molecular flexibility index (Phi) is 3.48. The highest BCUT2D eigenvalue weighted by atomic mass is 32.1. The van der Waals surface area contributed by atoms with Crippen LogP contribution in [0.25, 0.3) is 11.4 Å². The van der Waals surface area contributed by atoms with Crippen molar-refractivity contribution in [2.24, 2.45) is 0 Å². The largest absolute Gasteiger partial charge is 0.477 e. The maximum atomic E-state index is 11.3. The number of aromatic carboxylic acids is 1. The molecule has 0 aliphatic heterocycles. The second-order valence-corrected chi connectivity index (χ2v) is 4.79. The van der Waals surface area contributed by atoms with E-state index < -0.39 is 5.97 Å². The molecule has 0 bridgehead atoms. The van der Waals surface area contributed by atoms with E-state index in [1.165, 1.54) is 18.6 Å². The number of anilines is 2. The highest BCUT2D eigenvalue weighted by Crippen LogP contribution is 2.30. The maximum Gasteiger partial charge on any atom is 0.348 e. The molecular weight excluding hydrogens is 292 g/mol. The van der Waals surface area contributed by atoms with Gasteiger partial charge in [0.05, 0.1) is 6.20 Å². The van der Waals surface area contributed by atoms with E-state index in [-0.39, 0.29) is 10.6 Å². The molecule has 0 radical (unpaired) electrons. The van der Waals surface area contributed by atoms with Crippen LogP contribution in [-0.4, -0.2) is 36.0 Å². The Morgan fingerprint density at radius 3 is 2.62 bits per heavy atom. The topological polar surface area (TPSA) is 114 Å². The quantitative estimate of drug-likeness (QED) is 0.750. The molecule has 3 heterocycles. The predicted octanol–water partition coefficient (Wildman–Crippen LogP) is 1.83. The smallest absolute Gasteiger partial charge is 0.348 e. The highest BCUT2D eigenvalue weighted by Gasteiger charge is 2.20. The minimum absolute atomic E-state index is 0.0777. The van der Waals surface area contributed by atoms with Crippen molar-refractivity contribution in [3.63, 3.8) is 0 Å². The van der Waals surface area contributed by atoms with E-state index in [0.717, 1.165) is 11.3 Å². The van der Waals surface area contributed by atoms with Crippen molar-refractivity contribution >= 4 is 28.4 Å². The number of hydrogen-bond donors (Lipinski definition) is 2. The number of aromatic nitrogens is 5. The van der Waals surface area contributed by atoms with Crippen LogP contribution in [0.2, 0.25) is 0 Å². The first-order valence-corrected chi connectivity index (χ1v) is 6.60. The van der Waals surface area contributed by atoms with Crippen molar-refractivity contribution in [3.8, 4) is 11.4 Å². The normalized spacial score (nSPS) is 10.3. The van der Waals surface area contributed by atoms with Gasteiger partial charge in [0, 0.05) is 24.8 Å². The van der Waals surface area contributed by atoms with Crippen molar-refractivity contribution < 1.29 is 9.90 Å². The van der Waals surface area contributed by atoms with Gasteiger partial charge < -0.3 is 10.4 Å². The molecule has 0 saturated carbocycles. The summed E-state index contributed by atoms with van der Waals surface area (Å²) in [5.41, 5.74) is 0.659. The summed E-state index contributed by atoms with van der Waals surface area (Å²) in [4.78, 5) is 31.6. The van der Waals surface area contributed by atoms with E-state index in [0.29, 0.717) is 16.8 Å². The average Bonchev–Trinajstić information content (AvgIpc) is 2.93. The van der Waals surface area contributed by atoms with Crippen LogP contribution in [0.3, 0.4) is 0 Å². The second-order valence-electron chi connectivity index (χ2n) is 3.79. The van der Waals surface area contributed by atoms with Crippen LogP contribution in [0.4, 0.5) is 11.1 Å². The first kappa shape index (κ1) is 13.1. The lowest BCUT2D eigenvalue weighted by atomic mass is 10.3. The minimum Gasteiger partial charge on any atom is -0.477 e. The van der Waals surface area contributed by atoms with Gasteiger partial charge in [0.25, 0.3) is 0 Å². The van der Waals surface area contributed by atoms with Crippen LogP contribution in [0.1, 0.15) is 9.67 Å². The first-order valence-electron chi connectivity index (χ1n) is 5.78. The number of carbonyl (C=O) groups is 1. The summed E-state index contributed by atoms with van der Waals surface area (Å²) in [6.07, 6.45) is 7.60. The Hall–Kier alpha value is -2.94. The molecule has 9 heteroatoms. The lowest BCUT2D eigenvalue weighted by Gasteiger charge is -1.98. The van der Waals surface area contributed by atoms with Crippen LogP contribution >= 0.6 is 11.3 Å². The molecule has 0 amide bonds. The van der Waals surface area contributed by atoms with Crippen molar-refractivity contribution in [1.82, 2.24) is 24.9 Å². The third kappa shape index (κ3) is 2.82. The summed E-state index contributed by atoms with van der Waals surface area (Å²) in [6.45, 7) is 0. The molecule has 0 saturated heterocycles. The van der Waals surface area contributed by atoms with E-state index in [4.69, 9.17) is 0 Å². The SMILES string of the molecule is O=C(O)c1sc(Nc2ncccn2)nc1-c1cnccn1. The fourth-order valence-electron chi connectivity index (χ4n) is 1.57. The van der Waals surface area contributed by atoms with Gasteiger partial charge in [0.1, 0.15) is 16.3 Å². The molecule has 3 aromatic rings. The monoisotopic (exact) mass is 300 g/mol. The Morgan fingerprint density at radius 2 is 1.95 bits per heavy atom. The van der Waals surface area contributed by atoms with Gasteiger partial charge in [-0.3, -0.25) is 9.97 Å². The Balaban J connectivity index is 1.99. The van der Waals surface area contributed by atoms with Crippen molar-refractivity contribution in [2.75, 3.05) is 5.32 Å². The summed E-state index contributed by atoms with van der Waals surface area (Å²) >= 11 is 0.988. The standard InChI is InChI=1S/C12H8N6O2S/c19-10(20)9-8(7-6-13-4-5-14-7)17-12(21-9)18-11-15-2-1-3-16-11/h1-6H,(H,19,20)(H,15,16,17,18). The Bertz CT molecular complexity index is 762. The summed E-state index contributed by atoms with van der Waals surface area (Å²) in [7, 11) is 0. The Morgan fingerprint density at radius 1 is 1.14 bits per heavy atom. The third-order valence-electron chi connectivity index (χ3n) is 2.41. The van der Waals surface area contributed by atoms with Crippen LogP contribution in [0.15, 0.2) is 37.1 Å². The van der Waals surface area contributed by atoms with E-state index in [1.807, 2.05) is 0 Å². The first-order chi connectivity index (χ1) is 10.2. The Labute approximate surface area is 122 Å². The van der Waals surface area contributed by atoms with Crippen LogP contribution in [0, 0.1) is 0 Å². The maximum absolute atomic E-state index is 11.3. The fraction of sp³-hybridized carbons (Fsp3) is 0. The number of carboxylic acid groups (broad SMARTS) is 1. The zero-order chi connectivity index (χ0) is 14.7. The molecule has 0 aliphatic rings. The van der Waals surface area contributed by atoms with E-state index in [9.17, 15) is 9.90 Å². The number of nitrogens with zero attached hydrogens (tertiary/aromatic N) is 5. The summed E-state index contributed by atoms with van der Waals surface area (Å²) in [5, 5.41) is 12.5. The molecule has 3 rings (SSSR count). The number of hydrogen-bond acceptors (Lipinski definition) is 8. The second kappa shape index (κ2) is 5.59. The predicted molar refractivity (Wildman–Crippen MR) is 75.4 cm³/mol. The van der Waals surface area contributed by atoms with Gasteiger partial charge in [-0.25, -0.2) is 19.7 Å². The summed E-state index contributed by atoms with van der Waals surface area (Å²) in [5.74, 6) is -0.732. The molecule has 0 atom stereocenters. The molecule has 0 aromatic carbocycles. The van der Waals surface area contributed by atoms with Crippen molar-refractivity contribution in [2.45, 2.75) is 0 Å². The molecule has 21 heavy (non-hydrogen) atoms. The lowest BCUT2D eigenvalue weighted by molar-refractivity contribution is 0.0702. The van der Waals surface area contributed by atoms with Gasteiger partial charge >= 0.3 is 5.97 Å². The minimum atomic E-state index is -1.07. The number of thiazole rings is 1. The van der Waals surface area contributed by atoms with Gasteiger partial charge in [0.15, 0.2) is 5.13 Å². The van der Waals surface area contributed by atoms with E-state index in [2.05, 4.69) is 30.2 Å². The molecule has 0 fully saturated rings. The van der Waals surface area contributed by atoms with Crippen molar-refractivity contribution in [3.05, 3.63) is 41.9 Å².